The molecule has 2 aromatic rings. The topological polar surface area (TPSA) is 44.7 Å². The van der Waals surface area contributed by atoms with Gasteiger partial charge in [-0.3, -0.25) is 4.79 Å². The summed E-state index contributed by atoms with van der Waals surface area (Å²) >= 11 is 5.90. The van der Waals surface area contributed by atoms with Crippen LogP contribution in [0.25, 0.3) is 0 Å². The summed E-state index contributed by atoms with van der Waals surface area (Å²) in [6, 6.07) is 17.7. The molecule has 1 aliphatic rings. The van der Waals surface area contributed by atoms with Gasteiger partial charge in [-0.2, -0.15) is 5.10 Å². The molecular formula is C19H20ClN3O. The van der Waals surface area contributed by atoms with Crippen molar-refractivity contribution in [2.24, 2.45) is 5.10 Å². The first-order valence-electron chi connectivity index (χ1n) is 8.05. The first kappa shape index (κ1) is 16.7. The summed E-state index contributed by atoms with van der Waals surface area (Å²) < 4.78 is 0. The number of nitrogens with zero attached hydrogens (tertiary/aromatic N) is 2. The molecular weight excluding hydrogens is 322 g/mol. The standard InChI is InChI=1S/C19H20ClN3O/c1-14(15-7-9-17(20)10-8-15)21-13-19(24)23-12-11-18(22-23)16-5-3-2-4-6-16/h2-10,14,21H,11-13H2,1H3/t14-/m0/s1. The molecule has 24 heavy (non-hydrogen) atoms. The lowest BCUT2D eigenvalue weighted by Gasteiger charge is -2.16. The minimum Gasteiger partial charge on any atom is -0.302 e. The van der Waals surface area contributed by atoms with Crippen LogP contribution in [0, 0.1) is 0 Å². The Morgan fingerprint density at radius 2 is 1.92 bits per heavy atom. The van der Waals surface area contributed by atoms with Crippen LogP contribution in [0.2, 0.25) is 5.02 Å². The third-order valence-corrected chi connectivity index (χ3v) is 4.38. The van der Waals surface area contributed by atoms with E-state index in [1.54, 1.807) is 5.01 Å². The maximum atomic E-state index is 12.3. The van der Waals surface area contributed by atoms with E-state index in [9.17, 15) is 4.79 Å². The predicted molar refractivity (Wildman–Crippen MR) is 97.2 cm³/mol. The van der Waals surface area contributed by atoms with Crippen molar-refractivity contribution in [1.82, 2.24) is 10.3 Å². The summed E-state index contributed by atoms with van der Waals surface area (Å²) in [5, 5.41) is 9.98. The van der Waals surface area contributed by atoms with Crippen LogP contribution in [0.3, 0.4) is 0 Å². The van der Waals surface area contributed by atoms with E-state index in [1.807, 2.05) is 61.5 Å². The van der Waals surface area contributed by atoms with Gasteiger partial charge in [-0.25, -0.2) is 5.01 Å². The van der Waals surface area contributed by atoms with Gasteiger partial charge < -0.3 is 5.32 Å². The average Bonchev–Trinajstić information content (AvgIpc) is 3.11. The third kappa shape index (κ3) is 4.02. The summed E-state index contributed by atoms with van der Waals surface area (Å²) in [4.78, 5) is 12.3. The van der Waals surface area contributed by atoms with Crippen molar-refractivity contribution < 1.29 is 4.79 Å². The van der Waals surface area contributed by atoms with Crippen molar-refractivity contribution in [3.05, 3.63) is 70.7 Å². The van der Waals surface area contributed by atoms with Crippen LogP contribution in [0.15, 0.2) is 59.7 Å². The molecule has 5 heteroatoms. The quantitative estimate of drug-likeness (QED) is 0.902. The summed E-state index contributed by atoms with van der Waals surface area (Å²) in [5.74, 6) is -0.0123. The number of rotatable bonds is 5. The Labute approximate surface area is 147 Å². The fraction of sp³-hybridized carbons (Fsp3) is 0.263. The molecule has 124 valence electrons. The number of hydrogen-bond acceptors (Lipinski definition) is 3. The van der Waals surface area contributed by atoms with E-state index >= 15 is 0 Å². The van der Waals surface area contributed by atoms with Crippen molar-refractivity contribution in [2.45, 2.75) is 19.4 Å². The summed E-state index contributed by atoms with van der Waals surface area (Å²) in [6.07, 6.45) is 0.794. The number of nitrogens with one attached hydrogen (secondary N) is 1. The van der Waals surface area contributed by atoms with Gasteiger partial charge in [-0.05, 0) is 30.2 Å². The number of halogens is 1. The van der Waals surface area contributed by atoms with E-state index in [2.05, 4.69) is 10.4 Å². The molecule has 0 aromatic heterocycles. The molecule has 0 saturated heterocycles. The Morgan fingerprint density at radius 3 is 2.62 bits per heavy atom. The SMILES string of the molecule is C[C@H](NCC(=O)N1CCC(c2ccccc2)=N1)c1ccc(Cl)cc1. The van der Waals surface area contributed by atoms with Gasteiger partial charge in [0.15, 0.2) is 0 Å². The van der Waals surface area contributed by atoms with Gasteiger partial charge >= 0.3 is 0 Å². The number of hydrogen-bond donors (Lipinski definition) is 1. The van der Waals surface area contributed by atoms with Crippen LogP contribution in [0.4, 0.5) is 0 Å². The summed E-state index contributed by atoms with van der Waals surface area (Å²) in [6.45, 7) is 2.93. The van der Waals surface area contributed by atoms with E-state index in [1.165, 1.54) is 0 Å². The van der Waals surface area contributed by atoms with Crippen molar-refractivity contribution in [3.8, 4) is 0 Å². The second kappa shape index (κ2) is 7.60. The monoisotopic (exact) mass is 341 g/mol. The second-order valence-electron chi connectivity index (χ2n) is 5.83. The number of hydrazone groups is 1. The summed E-state index contributed by atoms with van der Waals surface area (Å²) in [5.41, 5.74) is 3.15. The molecule has 0 saturated carbocycles. The Balaban J connectivity index is 1.56. The highest BCUT2D eigenvalue weighted by molar-refractivity contribution is 6.30. The Bertz CT molecular complexity index is 728. The normalized spacial score (nSPS) is 15.2. The zero-order valence-electron chi connectivity index (χ0n) is 13.6. The lowest BCUT2D eigenvalue weighted by molar-refractivity contribution is -0.129. The molecule has 0 aliphatic carbocycles. The first-order valence-corrected chi connectivity index (χ1v) is 8.43. The fourth-order valence-electron chi connectivity index (χ4n) is 2.67. The smallest absolute Gasteiger partial charge is 0.256 e. The maximum absolute atomic E-state index is 12.3. The van der Waals surface area contributed by atoms with Crippen LogP contribution in [-0.2, 0) is 4.79 Å². The Kier molecular flexibility index (Phi) is 5.28. The van der Waals surface area contributed by atoms with E-state index in [-0.39, 0.29) is 18.5 Å². The number of carbonyl (C=O) groups is 1. The van der Waals surface area contributed by atoms with Crippen molar-refractivity contribution in [1.29, 1.82) is 0 Å². The van der Waals surface area contributed by atoms with E-state index in [0.29, 0.717) is 11.6 Å². The lowest BCUT2D eigenvalue weighted by atomic mass is 10.1. The minimum atomic E-state index is -0.0123. The number of benzene rings is 2. The van der Waals surface area contributed by atoms with Crippen molar-refractivity contribution in [2.75, 3.05) is 13.1 Å². The first-order chi connectivity index (χ1) is 11.6. The Morgan fingerprint density at radius 1 is 1.21 bits per heavy atom. The minimum absolute atomic E-state index is 0.0123. The van der Waals surface area contributed by atoms with Crippen LogP contribution in [0.1, 0.15) is 30.5 Å². The molecule has 3 rings (SSSR count). The van der Waals surface area contributed by atoms with Gasteiger partial charge in [0.05, 0.1) is 18.8 Å². The van der Waals surface area contributed by atoms with Gasteiger partial charge in [-0.15, -0.1) is 0 Å². The number of amides is 1. The molecule has 4 nitrogen and oxygen atoms in total. The molecule has 1 amide bonds. The van der Waals surface area contributed by atoms with Gasteiger partial charge in [0, 0.05) is 17.5 Å². The molecule has 1 heterocycles. The molecule has 0 unspecified atom stereocenters. The molecule has 0 radical (unpaired) electrons. The molecule has 2 aromatic carbocycles. The van der Waals surface area contributed by atoms with Gasteiger partial charge in [-0.1, -0.05) is 54.1 Å². The second-order valence-corrected chi connectivity index (χ2v) is 6.27. The highest BCUT2D eigenvalue weighted by Crippen LogP contribution is 2.17. The predicted octanol–water partition coefficient (Wildman–Crippen LogP) is 3.63. The molecule has 0 bridgehead atoms. The average molecular weight is 342 g/mol. The molecule has 1 N–H and O–H groups in total. The largest absolute Gasteiger partial charge is 0.302 e. The van der Waals surface area contributed by atoms with Gasteiger partial charge in [0.2, 0.25) is 0 Å². The maximum Gasteiger partial charge on any atom is 0.256 e. The molecule has 0 spiro atoms. The van der Waals surface area contributed by atoms with E-state index < -0.39 is 0 Å². The molecule has 1 atom stereocenters. The zero-order chi connectivity index (χ0) is 16.9. The van der Waals surface area contributed by atoms with Crippen LogP contribution in [-0.4, -0.2) is 29.7 Å². The van der Waals surface area contributed by atoms with Crippen LogP contribution < -0.4 is 5.32 Å². The highest BCUT2D eigenvalue weighted by atomic mass is 35.5. The molecule has 1 aliphatic heterocycles. The highest BCUT2D eigenvalue weighted by Gasteiger charge is 2.21. The molecule has 0 fully saturated rings. The van der Waals surface area contributed by atoms with Gasteiger partial charge in [0.1, 0.15) is 0 Å². The zero-order valence-corrected chi connectivity index (χ0v) is 14.3. The van der Waals surface area contributed by atoms with Gasteiger partial charge in [0.25, 0.3) is 5.91 Å². The lowest BCUT2D eigenvalue weighted by Crippen LogP contribution is -2.34. The summed E-state index contributed by atoms with van der Waals surface area (Å²) in [7, 11) is 0. The fourth-order valence-corrected chi connectivity index (χ4v) is 2.80. The van der Waals surface area contributed by atoms with Crippen LogP contribution in [0.5, 0.6) is 0 Å². The Hall–Kier alpha value is -2.17. The van der Waals surface area contributed by atoms with Crippen molar-refractivity contribution >= 4 is 23.2 Å². The van der Waals surface area contributed by atoms with Crippen LogP contribution >= 0.6 is 11.6 Å². The van der Waals surface area contributed by atoms with E-state index in [0.717, 1.165) is 23.3 Å². The van der Waals surface area contributed by atoms with E-state index in [4.69, 9.17) is 11.6 Å². The third-order valence-electron chi connectivity index (χ3n) is 4.13. The van der Waals surface area contributed by atoms with Crippen molar-refractivity contribution in [3.63, 3.8) is 0 Å². The number of carbonyl (C=O) groups excluding carboxylic acids is 1.